The third kappa shape index (κ3) is 2.12. The Morgan fingerprint density at radius 3 is 2.50 bits per heavy atom. The lowest BCUT2D eigenvalue weighted by Gasteiger charge is -2.37. The summed E-state index contributed by atoms with van der Waals surface area (Å²) in [7, 11) is -3.04. The van der Waals surface area contributed by atoms with Gasteiger partial charge in [0.2, 0.25) is 10.0 Å². The fraction of sp³-hybridized carbons (Fsp3) is 0.700. The molecule has 0 aromatic carbocycles. The lowest BCUT2D eigenvalue weighted by atomic mass is 9.78. The van der Waals surface area contributed by atoms with Crippen LogP contribution in [0.5, 0.6) is 0 Å². The van der Waals surface area contributed by atoms with E-state index in [1.54, 1.807) is 10.5 Å². The van der Waals surface area contributed by atoms with Crippen LogP contribution in [0.4, 0.5) is 0 Å². The lowest BCUT2D eigenvalue weighted by molar-refractivity contribution is 0.245. The predicted molar refractivity (Wildman–Crippen MR) is 61.6 cm³/mol. The summed E-state index contributed by atoms with van der Waals surface area (Å²) in [5, 5.41) is 6.94. The first-order valence-corrected chi connectivity index (χ1v) is 7.22. The van der Waals surface area contributed by atoms with E-state index in [0.29, 0.717) is 13.1 Å². The smallest absolute Gasteiger partial charge is 0.211 e. The monoisotopic (exact) mass is 243 g/mol. The summed E-state index contributed by atoms with van der Waals surface area (Å²) in [6.07, 6.45) is 4.68. The predicted octanol–water partition coefficient (Wildman–Crippen LogP) is 0.723. The number of hydrogen-bond acceptors (Lipinski definition) is 3. The maximum absolute atomic E-state index is 11.4. The zero-order chi connectivity index (χ0) is 11.8. The molecule has 1 aromatic rings. The molecule has 0 saturated carbocycles. The molecule has 6 heteroatoms. The van der Waals surface area contributed by atoms with Gasteiger partial charge < -0.3 is 0 Å². The van der Waals surface area contributed by atoms with Crippen molar-refractivity contribution in [3.8, 4) is 0 Å². The first-order valence-electron chi connectivity index (χ1n) is 5.37. The molecule has 5 nitrogen and oxygen atoms in total. The summed E-state index contributed by atoms with van der Waals surface area (Å²) in [5.74, 6) is 0. The highest BCUT2D eigenvalue weighted by molar-refractivity contribution is 7.88. The van der Waals surface area contributed by atoms with Gasteiger partial charge in [0.05, 0.1) is 6.26 Å². The summed E-state index contributed by atoms with van der Waals surface area (Å²) in [5.41, 5.74) is 1.12. The van der Waals surface area contributed by atoms with Crippen LogP contribution in [0.25, 0.3) is 0 Å². The van der Waals surface area contributed by atoms with E-state index in [2.05, 4.69) is 17.1 Å². The highest BCUT2D eigenvalue weighted by Gasteiger charge is 2.35. The van der Waals surface area contributed by atoms with Gasteiger partial charge in [-0.25, -0.2) is 12.7 Å². The second-order valence-electron chi connectivity index (χ2n) is 4.69. The number of aromatic nitrogens is 2. The molecule has 0 bridgehead atoms. The molecule has 0 aliphatic carbocycles. The van der Waals surface area contributed by atoms with E-state index in [-0.39, 0.29) is 5.41 Å². The number of nitrogens with one attached hydrogen (secondary N) is 1. The molecule has 1 aliphatic heterocycles. The molecule has 2 rings (SSSR count). The Morgan fingerprint density at radius 2 is 2.06 bits per heavy atom. The SMILES string of the molecule is CC1(c2ccn[nH]2)CCN(S(C)(=O)=O)CC1. The van der Waals surface area contributed by atoms with Gasteiger partial charge in [-0.05, 0) is 18.9 Å². The average molecular weight is 243 g/mol. The molecule has 0 spiro atoms. The van der Waals surface area contributed by atoms with E-state index in [0.717, 1.165) is 18.5 Å². The highest BCUT2D eigenvalue weighted by atomic mass is 32.2. The molecule has 16 heavy (non-hydrogen) atoms. The zero-order valence-corrected chi connectivity index (χ0v) is 10.4. The van der Waals surface area contributed by atoms with Gasteiger partial charge in [-0.3, -0.25) is 5.10 Å². The van der Waals surface area contributed by atoms with E-state index in [4.69, 9.17) is 0 Å². The number of H-pyrrole nitrogens is 1. The lowest BCUT2D eigenvalue weighted by Crippen LogP contribution is -2.43. The van der Waals surface area contributed by atoms with Crippen molar-refractivity contribution in [1.29, 1.82) is 0 Å². The van der Waals surface area contributed by atoms with Crippen molar-refractivity contribution in [2.45, 2.75) is 25.2 Å². The highest BCUT2D eigenvalue weighted by Crippen LogP contribution is 2.34. The van der Waals surface area contributed by atoms with Crippen LogP contribution >= 0.6 is 0 Å². The molecule has 0 amide bonds. The molecule has 2 heterocycles. The van der Waals surface area contributed by atoms with Gasteiger partial charge in [0.25, 0.3) is 0 Å². The van der Waals surface area contributed by atoms with Crippen molar-refractivity contribution in [3.63, 3.8) is 0 Å². The van der Waals surface area contributed by atoms with Crippen molar-refractivity contribution >= 4 is 10.0 Å². The number of sulfonamides is 1. The van der Waals surface area contributed by atoms with Crippen molar-refractivity contribution in [3.05, 3.63) is 18.0 Å². The Bertz CT molecular complexity index is 444. The Morgan fingerprint density at radius 1 is 1.44 bits per heavy atom. The van der Waals surface area contributed by atoms with Gasteiger partial charge in [0.1, 0.15) is 0 Å². The summed E-state index contributed by atoms with van der Waals surface area (Å²) in [4.78, 5) is 0. The van der Waals surface area contributed by atoms with Crippen LogP contribution in [0, 0.1) is 0 Å². The van der Waals surface area contributed by atoms with Crippen LogP contribution in [-0.2, 0) is 15.4 Å². The molecule has 1 N–H and O–H groups in total. The molecular weight excluding hydrogens is 226 g/mol. The number of piperidine rings is 1. The average Bonchev–Trinajstić information content (AvgIpc) is 2.70. The standard InChI is InChI=1S/C10H17N3O2S/c1-10(9-3-6-11-12-9)4-7-13(8-5-10)16(2,14)15/h3,6H,4-5,7-8H2,1-2H3,(H,11,12). The number of nitrogens with zero attached hydrogens (tertiary/aromatic N) is 2. The van der Waals surface area contributed by atoms with Crippen molar-refractivity contribution in [2.75, 3.05) is 19.3 Å². The molecular formula is C10H17N3O2S. The first kappa shape index (κ1) is 11.6. The molecule has 1 aromatic heterocycles. The largest absolute Gasteiger partial charge is 0.282 e. The molecule has 1 fully saturated rings. The normalized spacial score (nSPS) is 22.1. The minimum Gasteiger partial charge on any atom is -0.282 e. The summed E-state index contributed by atoms with van der Waals surface area (Å²) < 4.78 is 24.3. The minimum absolute atomic E-state index is 0.0255. The molecule has 0 unspecified atom stereocenters. The molecule has 1 saturated heterocycles. The van der Waals surface area contributed by atoms with E-state index in [1.807, 2.05) is 6.07 Å². The van der Waals surface area contributed by atoms with Gasteiger partial charge in [0, 0.05) is 30.4 Å². The fourth-order valence-electron chi connectivity index (χ4n) is 2.17. The van der Waals surface area contributed by atoms with Crippen molar-refractivity contribution < 1.29 is 8.42 Å². The van der Waals surface area contributed by atoms with Gasteiger partial charge in [-0.15, -0.1) is 0 Å². The summed E-state index contributed by atoms with van der Waals surface area (Å²) in [6.45, 7) is 3.34. The topological polar surface area (TPSA) is 66.1 Å². The van der Waals surface area contributed by atoms with Gasteiger partial charge in [0.15, 0.2) is 0 Å². The van der Waals surface area contributed by atoms with Gasteiger partial charge in [-0.1, -0.05) is 6.92 Å². The van der Waals surface area contributed by atoms with Crippen molar-refractivity contribution in [2.24, 2.45) is 0 Å². The van der Waals surface area contributed by atoms with Crippen LogP contribution < -0.4 is 0 Å². The number of aromatic amines is 1. The Labute approximate surface area is 95.9 Å². The van der Waals surface area contributed by atoms with Crippen molar-refractivity contribution in [1.82, 2.24) is 14.5 Å². The molecule has 90 valence electrons. The second kappa shape index (κ2) is 3.85. The molecule has 1 aliphatic rings. The van der Waals surface area contributed by atoms with Gasteiger partial charge in [-0.2, -0.15) is 5.10 Å². The second-order valence-corrected chi connectivity index (χ2v) is 6.68. The van der Waals surface area contributed by atoms with E-state index >= 15 is 0 Å². The van der Waals surface area contributed by atoms with Crippen LogP contribution in [0.3, 0.4) is 0 Å². The number of rotatable bonds is 2. The summed E-state index contributed by atoms with van der Waals surface area (Å²) >= 11 is 0. The molecule has 0 radical (unpaired) electrons. The summed E-state index contributed by atoms with van der Waals surface area (Å²) in [6, 6.07) is 1.97. The quantitative estimate of drug-likeness (QED) is 0.832. The third-order valence-electron chi connectivity index (χ3n) is 3.45. The van der Waals surface area contributed by atoms with E-state index < -0.39 is 10.0 Å². The Balaban J connectivity index is 2.10. The maximum atomic E-state index is 11.4. The zero-order valence-electron chi connectivity index (χ0n) is 9.60. The van der Waals surface area contributed by atoms with Crippen LogP contribution in [-0.4, -0.2) is 42.3 Å². The van der Waals surface area contributed by atoms with E-state index in [1.165, 1.54) is 6.26 Å². The van der Waals surface area contributed by atoms with E-state index in [9.17, 15) is 8.42 Å². The first-order chi connectivity index (χ1) is 7.42. The van der Waals surface area contributed by atoms with Crippen LogP contribution in [0.2, 0.25) is 0 Å². The fourth-order valence-corrected chi connectivity index (χ4v) is 3.02. The Kier molecular flexibility index (Phi) is 2.79. The third-order valence-corrected chi connectivity index (χ3v) is 4.75. The Hall–Kier alpha value is -0.880. The van der Waals surface area contributed by atoms with Crippen LogP contribution in [0.1, 0.15) is 25.5 Å². The van der Waals surface area contributed by atoms with Crippen LogP contribution in [0.15, 0.2) is 12.3 Å². The van der Waals surface area contributed by atoms with Gasteiger partial charge >= 0.3 is 0 Å². The number of hydrogen-bond donors (Lipinski definition) is 1. The molecule has 0 atom stereocenters. The maximum Gasteiger partial charge on any atom is 0.211 e. The minimum atomic E-state index is -3.04.